The molecule has 4 nitrogen and oxygen atoms in total. The Kier molecular flexibility index (Phi) is 2.70. The van der Waals surface area contributed by atoms with Gasteiger partial charge in [-0.1, -0.05) is 0 Å². The molecule has 4 heteroatoms. The van der Waals surface area contributed by atoms with Crippen molar-refractivity contribution in [1.82, 2.24) is 14.7 Å². The van der Waals surface area contributed by atoms with Crippen LogP contribution in [0, 0.1) is 6.57 Å². The Balaban J connectivity index is 2.99. The molecule has 1 aromatic heterocycles. The van der Waals surface area contributed by atoms with Gasteiger partial charge in [0.2, 0.25) is 5.70 Å². The summed E-state index contributed by atoms with van der Waals surface area (Å²) in [5, 5.41) is 4.14. The second kappa shape index (κ2) is 3.76. The molecule has 0 radical (unpaired) electrons. The molecular weight excluding hydrogens is 164 g/mol. The number of aromatic nitrogens is 2. The fourth-order valence-corrected chi connectivity index (χ4v) is 0.949. The molecule has 0 saturated heterocycles. The van der Waals surface area contributed by atoms with E-state index in [4.69, 9.17) is 6.57 Å². The molecule has 0 saturated carbocycles. The second-order valence-electron chi connectivity index (χ2n) is 2.96. The monoisotopic (exact) mass is 176 g/mol. The van der Waals surface area contributed by atoms with E-state index in [-0.39, 0.29) is 0 Å². The minimum absolute atomic E-state index is 0.561. The van der Waals surface area contributed by atoms with E-state index in [0.717, 1.165) is 0 Å². The molecule has 1 rings (SSSR count). The Morgan fingerprint density at radius 1 is 1.69 bits per heavy atom. The normalized spacial score (nSPS) is 11.1. The van der Waals surface area contributed by atoms with Gasteiger partial charge in [0.25, 0.3) is 0 Å². The smallest absolute Gasteiger partial charge is 0.229 e. The van der Waals surface area contributed by atoms with Gasteiger partial charge in [0.05, 0.1) is 12.3 Å². The first-order chi connectivity index (χ1) is 6.13. The lowest BCUT2D eigenvalue weighted by Crippen LogP contribution is -2.02. The zero-order chi connectivity index (χ0) is 9.84. The Bertz CT molecular complexity index is 354. The van der Waals surface area contributed by atoms with Crippen molar-refractivity contribution in [3.05, 3.63) is 35.6 Å². The first-order valence-corrected chi connectivity index (χ1v) is 3.89. The Labute approximate surface area is 77.9 Å². The van der Waals surface area contributed by atoms with E-state index in [1.807, 2.05) is 38.3 Å². The van der Waals surface area contributed by atoms with Crippen molar-refractivity contribution in [1.29, 1.82) is 0 Å². The van der Waals surface area contributed by atoms with Crippen molar-refractivity contribution in [3.8, 4) is 0 Å². The van der Waals surface area contributed by atoms with Gasteiger partial charge in [0, 0.05) is 33.5 Å². The van der Waals surface area contributed by atoms with Crippen LogP contribution in [0.3, 0.4) is 0 Å². The summed E-state index contributed by atoms with van der Waals surface area (Å²) >= 11 is 0. The summed E-state index contributed by atoms with van der Waals surface area (Å²) in [7, 11) is 5.60. The molecule has 0 aliphatic rings. The predicted octanol–water partition coefficient (Wildman–Crippen LogP) is 1.20. The summed E-state index contributed by atoms with van der Waals surface area (Å²) in [5.74, 6) is 0. The van der Waals surface area contributed by atoms with Crippen LogP contribution >= 0.6 is 0 Å². The standard InChI is InChI=1S/C9H12N4/c1-10-9(7-12(2)3)8-5-6-13(4)11-8/h5-7H,2-4H3/b9-7-. The van der Waals surface area contributed by atoms with Crippen molar-refractivity contribution in [3.63, 3.8) is 0 Å². The maximum absolute atomic E-state index is 6.98. The average Bonchev–Trinajstić information content (AvgIpc) is 2.47. The van der Waals surface area contributed by atoms with Gasteiger partial charge in [-0.05, 0) is 6.07 Å². The van der Waals surface area contributed by atoms with Crippen LogP contribution in [0.15, 0.2) is 18.5 Å². The molecule has 13 heavy (non-hydrogen) atoms. The van der Waals surface area contributed by atoms with Gasteiger partial charge in [-0.25, -0.2) is 4.85 Å². The summed E-state index contributed by atoms with van der Waals surface area (Å²) in [6, 6.07) is 1.83. The summed E-state index contributed by atoms with van der Waals surface area (Å²) in [4.78, 5) is 5.24. The van der Waals surface area contributed by atoms with Crippen LogP contribution in [0.2, 0.25) is 0 Å². The van der Waals surface area contributed by atoms with Crippen molar-refractivity contribution in [2.24, 2.45) is 7.05 Å². The van der Waals surface area contributed by atoms with Crippen LogP contribution in [0.1, 0.15) is 5.69 Å². The van der Waals surface area contributed by atoms with Crippen LogP contribution in [-0.4, -0.2) is 28.8 Å². The summed E-state index contributed by atoms with van der Waals surface area (Å²) < 4.78 is 1.68. The van der Waals surface area contributed by atoms with Crippen molar-refractivity contribution < 1.29 is 0 Å². The van der Waals surface area contributed by atoms with Crippen LogP contribution in [-0.2, 0) is 7.05 Å². The fourth-order valence-electron chi connectivity index (χ4n) is 0.949. The zero-order valence-corrected chi connectivity index (χ0v) is 8.02. The van der Waals surface area contributed by atoms with Crippen LogP contribution in [0.5, 0.6) is 0 Å². The molecule has 0 unspecified atom stereocenters. The van der Waals surface area contributed by atoms with Crippen molar-refractivity contribution >= 4 is 5.70 Å². The van der Waals surface area contributed by atoms with Gasteiger partial charge in [-0.2, -0.15) is 5.10 Å². The topological polar surface area (TPSA) is 25.4 Å². The lowest BCUT2D eigenvalue weighted by molar-refractivity contribution is 0.565. The molecule has 0 aliphatic carbocycles. The third-order valence-electron chi connectivity index (χ3n) is 1.48. The van der Waals surface area contributed by atoms with E-state index in [2.05, 4.69) is 9.94 Å². The first-order valence-electron chi connectivity index (χ1n) is 3.89. The highest BCUT2D eigenvalue weighted by Gasteiger charge is 2.04. The van der Waals surface area contributed by atoms with Crippen LogP contribution in [0.4, 0.5) is 0 Å². The molecular formula is C9H12N4. The van der Waals surface area contributed by atoms with E-state index >= 15 is 0 Å². The first kappa shape index (κ1) is 9.33. The molecule has 0 aromatic carbocycles. The fraction of sp³-hybridized carbons (Fsp3) is 0.333. The van der Waals surface area contributed by atoms with Gasteiger partial charge in [0.15, 0.2) is 0 Å². The van der Waals surface area contributed by atoms with Gasteiger partial charge in [-0.15, -0.1) is 0 Å². The number of aryl methyl sites for hydroxylation is 1. The maximum atomic E-state index is 6.98. The van der Waals surface area contributed by atoms with Gasteiger partial charge >= 0.3 is 0 Å². The maximum Gasteiger partial charge on any atom is 0.229 e. The lowest BCUT2D eigenvalue weighted by atomic mass is 10.3. The van der Waals surface area contributed by atoms with Gasteiger partial charge in [0.1, 0.15) is 0 Å². The summed E-state index contributed by atoms with van der Waals surface area (Å²) in [6.45, 7) is 6.98. The van der Waals surface area contributed by atoms with Crippen LogP contribution in [0.25, 0.3) is 10.5 Å². The highest BCUT2D eigenvalue weighted by molar-refractivity contribution is 5.67. The minimum Gasteiger partial charge on any atom is -0.393 e. The lowest BCUT2D eigenvalue weighted by Gasteiger charge is -2.04. The summed E-state index contributed by atoms with van der Waals surface area (Å²) in [6.07, 6.45) is 3.58. The number of hydrogen-bond acceptors (Lipinski definition) is 2. The SMILES string of the molecule is [C-]#[N+]/C(=C\N(C)C)c1ccn(C)n1. The molecule has 0 aliphatic heterocycles. The predicted molar refractivity (Wildman–Crippen MR) is 51.5 cm³/mol. The largest absolute Gasteiger partial charge is 0.393 e. The zero-order valence-electron chi connectivity index (χ0n) is 8.02. The highest BCUT2D eigenvalue weighted by Crippen LogP contribution is 2.12. The highest BCUT2D eigenvalue weighted by atomic mass is 15.3. The minimum atomic E-state index is 0.561. The van der Waals surface area contributed by atoms with Crippen LogP contribution < -0.4 is 0 Å². The molecule has 0 fully saturated rings. The third kappa shape index (κ3) is 2.34. The van der Waals surface area contributed by atoms with Crippen molar-refractivity contribution in [2.45, 2.75) is 0 Å². The second-order valence-corrected chi connectivity index (χ2v) is 2.96. The van der Waals surface area contributed by atoms with Crippen molar-refractivity contribution in [2.75, 3.05) is 14.1 Å². The molecule has 0 amide bonds. The number of nitrogens with zero attached hydrogens (tertiary/aromatic N) is 4. The van der Waals surface area contributed by atoms with E-state index < -0.39 is 0 Å². The Morgan fingerprint density at radius 3 is 2.77 bits per heavy atom. The molecule has 0 spiro atoms. The quantitative estimate of drug-likeness (QED) is 0.633. The average molecular weight is 176 g/mol. The molecule has 1 heterocycles. The molecule has 0 N–H and O–H groups in total. The van der Waals surface area contributed by atoms with E-state index in [1.54, 1.807) is 10.9 Å². The third-order valence-corrected chi connectivity index (χ3v) is 1.48. The van der Waals surface area contributed by atoms with E-state index in [9.17, 15) is 0 Å². The molecule has 0 atom stereocenters. The number of rotatable bonds is 2. The number of hydrogen-bond donors (Lipinski definition) is 0. The van der Waals surface area contributed by atoms with Gasteiger partial charge in [-0.3, -0.25) is 4.68 Å². The molecule has 1 aromatic rings. The molecule has 68 valence electrons. The van der Waals surface area contributed by atoms with Gasteiger partial charge < -0.3 is 4.90 Å². The van der Waals surface area contributed by atoms with E-state index in [0.29, 0.717) is 11.4 Å². The summed E-state index contributed by atoms with van der Waals surface area (Å²) in [5.41, 5.74) is 1.27. The van der Waals surface area contributed by atoms with E-state index in [1.165, 1.54) is 0 Å². The molecule has 0 bridgehead atoms. The Morgan fingerprint density at radius 2 is 2.38 bits per heavy atom. The Hall–Kier alpha value is -1.76.